The van der Waals surface area contributed by atoms with Gasteiger partial charge < -0.3 is 5.32 Å². The third-order valence-corrected chi connectivity index (χ3v) is 4.49. The van der Waals surface area contributed by atoms with Gasteiger partial charge in [0.15, 0.2) is 0 Å². The summed E-state index contributed by atoms with van der Waals surface area (Å²) in [4.78, 5) is 0. The van der Waals surface area contributed by atoms with E-state index in [1.165, 1.54) is 24.8 Å². The van der Waals surface area contributed by atoms with Crippen LogP contribution in [0.5, 0.6) is 0 Å². The van der Waals surface area contributed by atoms with Crippen LogP contribution in [0.25, 0.3) is 0 Å². The van der Waals surface area contributed by atoms with Crippen LogP contribution in [0.4, 0.5) is 0 Å². The lowest BCUT2D eigenvalue weighted by Gasteiger charge is -2.26. The maximum Gasteiger partial charge on any atom is 0.0320 e. The topological polar surface area (TPSA) is 12.0 Å². The van der Waals surface area contributed by atoms with Gasteiger partial charge in [-0.3, -0.25) is 0 Å². The molecule has 1 nitrogen and oxygen atoms in total. The first kappa shape index (κ1) is 12.6. The molecule has 1 aliphatic rings. The Balaban J connectivity index is 2.01. The van der Waals surface area contributed by atoms with Crippen LogP contribution in [0.1, 0.15) is 51.6 Å². The van der Waals surface area contributed by atoms with E-state index in [2.05, 4.69) is 56.4 Å². The molecule has 0 spiro atoms. The van der Waals surface area contributed by atoms with Crippen molar-refractivity contribution in [3.63, 3.8) is 0 Å². The number of hydrogen-bond acceptors (Lipinski definition) is 1. The van der Waals surface area contributed by atoms with Gasteiger partial charge in [0.25, 0.3) is 0 Å². The van der Waals surface area contributed by atoms with Crippen molar-refractivity contribution >= 4 is 0 Å². The van der Waals surface area contributed by atoms with Crippen molar-refractivity contribution in [1.29, 1.82) is 0 Å². The zero-order chi connectivity index (χ0) is 12.3. The zero-order valence-electron chi connectivity index (χ0n) is 11.3. The minimum Gasteiger partial charge on any atom is -0.307 e. The van der Waals surface area contributed by atoms with Crippen LogP contribution in [0.15, 0.2) is 30.3 Å². The van der Waals surface area contributed by atoms with Crippen molar-refractivity contribution in [3.05, 3.63) is 35.9 Å². The third-order valence-electron chi connectivity index (χ3n) is 4.49. The van der Waals surface area contributed by atoms with Crippen LogP contribution in [0, 0.1) is 11.8 Å². The molecule has 1 fully saturated rings. The van der Waals surface area contributed by atoms with Crippen molar-refractivity contribution in [3.8, 4) is 0 Å². The zero-order valence-corrected chi connectivity index (χ0v) is 11.3. The van der Waals surface area contributed by atoms with Gasteiger partial charge in [-0.1, -0.05) is 51.1 Å². The van der Waals surface area contributed by atoms with Gasteiger partial charge in [0, 0.05) is 12.1 Å². The number of rotatable bonds is 4. The first-order chi connectivity index (χ1) is 8.22. The lowest BCUT2D eigenvalue weighted by molar-refractivity contribution is 0.335. The highest BCUT2D eigenvalue weighted by molar-refractivity contribution is 5.19. The summed E-state index contributed by atoms with van der Waals surface area (Å²) in [5.41, 5.74) is 1.43. The van der Waals surface area contributed by atoms with Crippen LogP contribution in [-0.4, -0.2) is 6.04 Å². The highest BCUT2D eigenvalue weighted by Gasteiger charge is 2.30. The second-order valence-corrected chi connectivity index (χ2v) is 5.56. The second-order valence-electron chi connectivity index (χ2n) is 5.56. The Hall–Kier alpha value is -0.820. The molecule has 1 aromatic rings. The fourth-order valence-electron chi connectivity index (χ4n) is 2.99. The van der Waals surface area contributed by atoms with Gasteiger partial charge in [0.05, 0.1) is 0 Å². The fraction of sp³-hybridized carbons (Fsp3) is 0.625. The quantitative estimate of drug-likeness (QED) is 0.820. The van der Waals surface area contributed by atoms with Gasteiger partial charge >= 0.3 is 0 Å². The molecule has 0 radical (unpaired) electrons. The molecule has 1 aromatic carbocycles. The Kier molecular flexibility index (Phi) is 4.22. The molecule has 94 valence electrons. The van der Waals surface area contributed by atoms with E-state index in [0.717, 1.165) is 11.8 Å². The first-order valence-electron chi connectivity index (χ1n) is 7.03. The molecule has 1 saturated carbocycles. The van der Waals surface area contributed by atoms with E-state index in [0.29, 0.717) is 12.1 Å². The Morgan fingerprint density at radius 2 is 1.88 bits per heavy atom. The Bertz CT molecular complexity index is 333. The van der Waals surface area contributed by atoms with Gasteiger partial charge in [-0.05, 0) is 36.7 Å². The molecule has 1 aliphatic carbocycles. The smallest absolute Gasteiger partial charge is 0.0320 e. The highest BCUT2D eigenvalue weighted by Crippen LogP contribution is 2.33. The lowest BCUT2D eigenvalue weighted by Crippen LogP contribution is -2.35. The van der Waals surface area contributed by atoms with Gasteiger partial charge in [-0.25, -0.2) is 0 Å². The number of benzene rings is 1. The fourth-order valence-corrected chi connectivity index (χ4v) is 2.99. The van der Waals surface area contributed by atoms with Gasteiger partial charge in [0.1, 0.15) is 0 Å². The molecule has 0 saturated heterocycles. The summed E-state index contributed by atoms with van der Waals surface area (Å²) in [7, 11) is 0. The van der Waals surface area contributed by atoms with Gasteiger partial charge in [-0.2, -0.15) is 0 Å². The van der Waals surface area contributed by atoms with Crippen LogP contribution in [-0.2, 0) is 0 Å². The van der Waals surface area contributed by atoms with E-state index in [1.807, 2.05) is 0 Å². The predicted octanol–water partition coefficient (Wildman–Crippen LogP) is 4.16. The average molecular weight is 231 g/mol. The molecule has 17 heavy (non-hydrogen) atoms. The molecule has 1 N–H and O–H groups in total. The molecule has 2 rings (SSSR count). The van der Waals surface area contributed by atoms with Crippen molar-refractivity contribution in [2.45, 2.75) is 52.1 Å². The van der Waals surface area contributed by atoms with Gasteiger partial charge in [0.2, 0.25) is 0 Å². The summed E-state index contributed by atoms with van der Waals surface area (Å²) >= 11 is 0. The maximum atomic E-state index is 3.86. The standard InChI is InChI=1S/C16H25N/c1-4-15(14-8-6-5-7-9-14)17-16-11-10-12(2)13(16)3/h5-9,12-13,15-17H,4,10-11H2,1-3H3. The van der Waals surface area contributed by atoms with Crippen molar-refractivity contribution in [1.82, 2.24) is 5.32 Å². The summed E-state index contributed by atoms with van der Waals surface area (Å²) in [6, 6.07) is 12.1. The van der Waals surface area contributed by atoms with Crippen molar-refractivity contribution < 1.29 is 0 Å². The molecule has 0 aliphatic heterocycles. The molecule has 4 atom stereocenters. The molecule has 1 heteroatoms. The summed E-state index contributed by atoms with van der Waals surface area (Å²) in [5, 5.41) is 3.86. The largest absolute Gasteiger partial charge is 0.307 e. The summed E-state index contributed by atoms with van der Waals surface area (Å²) in [6.07, 6.45) is 3.89. The van der Waals surface area contributed by atoms with E-state index >= 15 is 0 Å². The van der Waals surface area contributed by atoms with E-state index in [4.69, 9.17) is 0 Å². The number of nitrogens with one attached hydrogen (secondary N) is 1. The molecule has 4 unspecified atom stereocenters. The SMILES string of the molecule is CCC(NC1CCC(C)C1C)c1ccccc1. The Labute approximate surface area is 106 Å². The molecule has 0 heterocycles. The lowest BCUT2D eigenvalue weighted by atomic mass is 9.96. The summed E-state index contributed by atoms with van der Waals surface area (Å²) < 4.78 is 0. The van der Waals surface area contributed by atoms with Crippen molar-refractivity contribution in [2.75, 3.05) is 0 Å². The summed E-state index contributed by atoms with van der Waals surface area (Å²) in [6.45, 7) is 7.05. The van der Waals surface area contributed by atoms with Crippen LogP contribution in [0.3, 0.4) is 0 Å². The predicted molar refractivity (Wildman–Crippen MR) is 74.0 cm³/mol. The van der Waals surface area contributed by atoms with Crippen LogP contribution < -0.4 is 5.32 Å². The first-order valence-corrected chi connectivity index (χ1v) is 7.03. The molecule has 0 amide bonds. The number of hydrogen-bond donors (Lipinski definition) is 1. The van der Waals surface area contributed by atoms with E-state index in [-0.39, 0.29) is 0 Å². The average Bonchev–Trinajstić information content (AvgIpc) is 2.68. The van der Waals surface area contributed by atoms with Crippen molar-refractivity contribution in [2.24, 2.45) is 11.8 Å². The van der Waals surface area contributed by atoms with E-state index in [9.17, 15) is 0 Å². The summed E-state index contributed by atoms with van der Waals surface area (Å²) in [5.74, 6) is 1.69. The Morgan fingerprint density at radius 3 is 2.41 bits per heavy atom. The highest BCUT2D eigenvalue weighted by atomic mass is 15.0. The van der Waals surface area contributed by atoms with E-state index in [1.54, 1.807) is 0 Å². The normalized spacial score (nSPS) is 30.4. The third kappa shape index (κ3) is 2.90. The molecular weight excluding hydrogens is 206 g/mol. The minimum absolute atomic E-state index is 0.522. The van der Waals surface area contributed by atoms with Crippen LogP contribution >= 0.6 is 0 Å². The minimum atomic E-state index is 0.522. The maximum absolute atomic E-state index is 3.86. The molecular formula is C16H25N. The van der Waals surface area contributed by atoms with Crippen LogP contribution in [0.2, 0.25) is 0 Å². The molecule has 0 bridgehead atoms. The monoisotopic (exact) mass is 231 g/mol. The van der Waals surface area contributed by atoms with E-state index < -0.39 is 0 Å². The molecule has 0 aromatic heterocycles. The second kappa shape index (κ2) is 5.68. The Morgan fingerprint density at radius 1 is 1.18 bits per heavy atom. The van der Waals surface area contributed by atoms with Gasteiger partial charge in [-0.15, -0.1) is 0 Å².